The minimum atomic E-state index is 0.589. The molecule has 2 nitrogen and oxygen atoms in total. The van der Waals surface area contributed by atoms with Gasteiger partial charge in [0.1, 0.15) is 0 Å². The molecular weight excluding hydrogens is 184 g/mol. The van der Waals surface area contributed by atoms with Gasteiger partial charge >= 0.3 is 0 Å². The molecule has 1 aliphatic carbocycles. The minimum absolute atomic E-state index is 0.589. The average molecular weight is 210 g/mol. The summed E-state index contributed by atoms with van der Waals surface area (Å²) in [5.41, 5.74) is 0.589. The Bertz CT molecular complexity index is 223. The van der Waals surface area contributed by atoms with E-state index in [0.29, 0.717) is 11.5 Å². The molecule has 1 heterocycles. The number of rotatable bonds is 2. The van der Waals surface area contributed by atoms with E-state index < -0.39 is 0 Å². The van der Waals surface area contributed by atoms with Crippen molar-refractivity contribution < 1.29 is 0 Å². The van der Waals surface area contributed by atoms with E-state index >= 15 is 0 Å². The monoisotopic (exact) mass is 210 g/mol. The first kappa shape index (κ1) is 11.4. The molecule has 2 unspecified atom stereocenters. The Labute approximate surface area is 94.4 Å². The molecular formula is C13H26N2. The molecule has 0 amide bonds. The van der Waals surface area contributed by atoms with Gasteiger partial charge in [-0.05, 0) is 37.3 Å². The summed E-state index contributed by atoms with van der Waals surface area (Å²) in [6, 6.07) is 1.56. The molecule has 1 saturated carbocycles. The van der Waals surface area contributed by atoms with Gasteiger partial charge in [-0.15, -0.1) is 0 Å². The Morgan fingerprint density at radius 3 is 2.53 bits per heavy atom. The molecule has 0 aromatic rings. The lowest BCUT2D eigenvalue weighted by atomic mass is 10.0. The first-order valence-corrected chi connectivity index (χ1v) is 6.48. The quantitative estimate of drug-likeness (QED) is 0.751. The van der Waals surface area contributed by atoms with Crippen molar-refractivity contribution in [2.45, 2.75) is 52.6 Å². The Hall–Kier alpha value is -0.0800. The summed E-state index contributed by atoms with van der Waals surface area (Å²) in [5.74, 6) is 0.757. The predicted molar refractivity (Wildman–Crippen MR) is 65.0 cm³/mol. The molecule has 2 rings (SSSR count). The Morgan fingerprint density at radius 1 is 1.33 bits per heavy atom. The second-order valence-corrected chi connectivity index (χ2v) is 6.36. The number of nitrogens with one attached hydrogen (secondary N) is 1. The van der Waals surface area contributed by atoms with Gasteiger partial charge in [-0.1, -0.05) is 27.7 Å². The van der Waals surface area contributed by atoms with Crippen LogP contribution in [0.3, 0.4) is 0 Å². The third-order valence-corrected chi connectivity index (χ3v) is 4.17. The van der Waals surface area contributed by atoms with Gasteiger partial charge in [-0.25, -0.2) is 0 Å². The molecule has 0 bridgehead atoms. The van der Waals surface area contributed by atoms with Crippen molar-refractivity contribution in [3.05, 3.63) is 0 Å². The maximum Gasteiger partial charge on any atom is 0.0218 e. The molecule has 1 N–H and O–H groups in total. The maximum absolute atomic E-state index is 3.68. The fourth-order valence-electron chi connectivity index (χ4n) is 2.77. The SMILES string of the molecule is CC(C)C1CN(C2CC2(C)C)CCCN1. The smallest absolute Gasteiger partial charge is 0.0218 e. The summed E-state index contributed by atoms with van der Waals surface area (Å²) in [5, 5.41) is 3.68. The van der Waals surface area contributed by atoms with Crippen LogP contribution in [0.2, 0.25) is 0 Å². The van der Waals surface area contributed by atoms with Gasteiger partial charge in [0.2, 0.25) is 0 Å². The summed E-state index contributed by atoms with van der Waals surface area (Å²) >= 11 is 0. The molecule has 2 fully saturated rings. The largest absolute Gasteiger partial charge is 0.312 e. The van der Waals surface area contributed by atoms with Gasteiger partial charge in [0.15, 0.2) is 0 Å². The van der Waals surface area contributed by atoms with Gasteiger partial charge in [0, 0.05) is 18.6 Å². The van der Waals surface area contributed by atoms with Crippen molar-refractivity contribution in [1.82, 2.24) is 10.2 Å². The third-order valence-electron chi connectivity index (χ3n) is 4.17. The van der Waals surface area contributed by atoms with E-state index in [9.17, 15) is 0 Å². The Balaban J connectivity index is 1.94. The molecule has 0 spiro atoms. The number of hydrogen-bond donors (Lipinski definition) is 1. The highest BCUT2D eigenvalue weighted by atomic mass is 15.2. The van der Waals surface area contributed by atoms with Gasteiger partial charge in [-0.2, -0.15) is 0 Å². The Morgan fingerprint density at radius 2 is 2.00 bits per heavy atom. The van der Waals surface area contributed by atoms with Gasteiger partial charge in [0.25, 0.3) is 0 Å². The standard InChI is InChI=1S/C13H26N2/c1-10(2)11-9-15(7-5-6-14-11)12-8-13(12,3)4/h10-12,14H,5-9H2,1-4H3. The van der Waals surface area contributed by atoms with Crippen LogP contribution in [0.15, 0.2) is 0 Å². The van der Waals surface area contributed by atoms with Crippen LogP contribution >= 0.6 is 0 Å². The number of hydrogen-bond acceptors (Lipinski definition) is 2. The van der Waals surface area contributed by atoms with Crippen molar-refractivity contribution in [2.75, 3.05) is 19.6 Å². The lowest BCUT2D eigenvalue weighted by Gasteiger charge is -2.28. The molecule has 0 aromatic heterocycles. The van der Waals surface area contributed by atoms with Crippen LogP contribution in [0.1, 0.15) is 40.5 Å². The van der Waals surface area contributed by atoms with E-state index in [2.05, 4.69) is 37.9 Å². The van der Waals surface area contributed by atoms with Crippen molar-refractivity contribution in [3.63, 3.8) is 0 Å². The zero-order valence-corrected chi connectivity index (χ0v) is 10.7. The van der Waals surface area contributed by atoms with E-state index in [0.717, 1.165) is 12.0 Å². The fraction of sp³-hybridized carbons (Fsp3) is 1.00. The van der Waals surface area contributed by atoms with E-state index in [1.54, 1.807) is 0 Å². The summed E-state index contributed by atoms with van der Waals surface area (Å²) < 4.78 is 0. The zero-order valence-electron chi connectivity index (χ0n) is 10.7. The van der Waals surface area contributed by atoms with Crippen LogP contribution in [0.4, 0.5) is 0 Å². The predicted octanol–water partition coefficient (Wildman–Crippen LogP) is 2.10. The van der Waals surface area contributed by atoms with Crippen molar-refractivity contribution in [1.29, 1.82) is 0 Å². The second kappa shape index (κ2) is 4.06. The molecule has 15 heavy (non-hydrogen) atoms. The van der Waals surface area contributed by atoms with E-state index in [1.807, 2.05) is 0 Å². The second-order valence-electron chi connectivity index (χ2n) is 6.36. The van der Waals surface area contributed by atoms with E-state index in [4.69, 9.17) is 0 Å². The van der Waals surface area contributed by atoms with Crippen LogP contribution in [0.25, 0.3) is 0 Å². The Kier molecular flexibility index (Phi) is 3.09. The molecule has 88 valence electrons. The first-order chi connectivity index (χ1) is 7.00. The molecule has 0 aromatic carbocycles. The first-order valence-electron chi connectivity index (χ1n) is 6.48. The van der Waals surface area contributed by atoms with Gasteiger partial charge < -0.3 is 5.32 Å². The lowest BCUT2D eigenvalue weighted by Crippen LogP contribution is -2.42. The van der Waals surface area contributed by atoms with Crippen molar-refractivity contribution in [3.8, 4) is 0 Å². The molecule has 0 radical (unpaired) electrons. The highest BCUT2D eigenvalue weighted by molar-refractivity contribution is 5.04. The van der Waals surface area contributed by atoms with E-state index in [1.165, 1.54) is 32.5 Å². The highest BCUT2D eigenvalue weighted by Crippen LogP contribution is 2.48. The summed E-state index contributed by atoms with van der Waals surface area (Å²) in [4.78, 5) is 2.73. The van der Waals surface area contributed by atoms with Crippen LogP contribution in [-0.2, 0) is 0 Å². The zero-order chi connectivity index (χ0) is 11.1. The van der Waals surface area contributed by atoms with Gasteiger partial charge in [0.05, 0.1) is 0 Å². The maximum atomic E-state index is 3.68. The fourth-order valence-corrected chi connectivity index (χ4v) is 2.77. The van der Waals surface area contributed by atoms with Crippen LogP contribution < -0.4 is 5.32 Å². The van der Waals surface area contributed by atoms with Crippen LogP contribution in [-0.4, -0.2) is 36.6 Å². The molecule has 2 atom stereocenters. The topological polar surface area (TPSA) is 15.3 Å². The summed E-state index contributed by atoms with van der Waals surface area (Å²) in [7, 11) is 0. The van der Waals surface area contributed by atoms with Crippen molar-refractivity contribution in [2.24, 2.45) is 11.3 Å². The van der Waals surface area contributed by atoms with Crippen molar-refractivity contribution >= 4 is 0 Å². The highest BCUT2D eigenvalue weighted by Gasteiger charge is 2.49. The molecule has 1 saturated heterocycles. The van der Waals surface area contributed by atoms with E-state index in [-0.39, 0.29) is 0 Å². The summed E-state index contributed by atoms with van der Waals surface area (Å²) in [6.45, 7) is 13.2. The number of nitrogens with zero attached hydrogens (tertiary/aromatic N) is 1. The van der Waals surface area contributed by atoms with Gasteiger partial charge in [-0.3, -0.25) is 4.90 Å². The molecule has 2 heteroatoms. The average Bonchev–Trinajstić information content (AvgIpc) is 2.82. The third kappa shape index (κ3) is 2.54. The van der Waals surface area contributed by atoms with Crippen LogP contribution in [0.5, 0.6) is 0 Å². The summed E-state index contributed by atoms with van der Waals surface area (Å²) in [6.07, 6.45) is 2.72. The minimum Gasteiger partial charge on any atom is -0.312 e. The normalized spacial score (nSPS) is 36.6. The molecule has 2 aliphatic rings. The molecule has 1 aliphatic heterocycles. The van der Waals surface area contributed by atoms with Crippen LogP contribution in [0, 0.1) is 11.3 Å². The lowest BCUT2D eigenvalue weighted by molar-refractivity contribution is 0.215.